The molecule has 0 rings (SSSR count). The van der Waals surface area contributed by atoms with Crippen LogP contribution < -0.4 is 0 Å². The average molecular weight is 366 g/mol. The van der Waals surface area contributed by atoms with Crippen LogP contribution in [0.25, 0.3) is 0 Å². The molecule has 0 aromatic carbocycles. The first kappa shape index (κ1) is 14.8. The van der Waals surface area contributed by atoms with Crippen molar-refractivity contribution in [2.75, 3.05) is 5.88 Å². The molecule has 0 amide bonds. The summed E-state index contributed by atoms with van der Waals surface area (Å²) in [7, 11) is 0. The molecular formula is C2H2Cl8Si2. The highest BCUT2D eigenvalue weighted by Crippen LogP contribution is 2.49. The van der Waals surface area contributed by atoms with Crippen LogP contribution in [0.1, 0.15) is 0 Å². The molecule has 0 aliphatic heterocycles. The fourth-order valence-corrected chi connectivity index (χ4v) is 17.1. The van der Waals surface area contributed by atoms with Crippen molar-refractivity contribution in [3.05, 3.63) is 0 Å². The van der Waals surface area contributed by atoms with Gasteiger partial charge in [0.05, 0.1) is 0 Å². The largest absolute Gasteiger partial charge is 0.363 e. The molecule has 0 aliphatic rings. The van der Waals surface area contributed by atoms with E-state index in [1.807, 2.05) is 0 Å². The average Bonchev–Trinajstić information content (AvgIpc) is 1.81. The number of halogens is 8. The fourth-order valence-electron chi connectivity index (χ4n) is 0.312. The van der Waals surface area contributed by atoms with E-state index in [0.717, 1.165) is 0 Å². The van der Waals surface area contributed by atoms with E-state index in [1.54, 1.807) is 0 Å². The third-order valence-electron chi connectivity index (χ3n) is 1.08. The highest BCUT2D eigenvalue weighted by molar-refractivity contribution is 7.78. The Morgan fingerprint density at radius 1 is 0.833 bits per heavy atom. The zero-order valence-electron chi connectivity index (χ0n) is 5.23. The predicted molar refractivity (Wildman–Crippen MR) is 65.9 cm³/mol. The normalized spacial score (nSPS) is 15.0. The Bertz CT molecular complexity index is 141. The van der Waals surface area contributed by atoms with E-state index < -0.39 is 16.1 Å². The molecule has 0 radical (unpaired) electrons. The molecular weight excluding hydrogens is 364 g/mol. The van der Waals surface area contributed by atoms with Crippen LogP contribution in [-0.2, 0) is 0 Å². The van der Waals surface area contributed by atoms with Gasteiger partial charge < -0.3 is 0 Å². The fraction of sp³-hybridized carbons (Fsp3) is 1.00. The highest BCUT2D eigenvalue weighted by atomic mass is 35.9. The Balaban J connectivity index is 4.95. The molecule has 12 heavy (non-hydrogen) atoms. The summed E-state index contributed by atoms with van der Waals surface area (Å²) in [6, 6.07) is -6.66. The second kappa shape index (κ2) is 4.73. The maximum atomic E-state index is 5.88. The van der Waals surface area contributed by atoms with Gasteiger partial charge in [-0.3, -0.25) is 0 Å². The Hall–Kier alpha value is 2.75. The van der Waals surface area contributed by atoms with Crippen molar-refractivity contribution < 1.29 is 0 Å². The Labute approximate surface area is 111 Å². The van der Waals surface area contributed by atoms with Gasteiger partial charge in [0.2, 0.25) is 0 Å². The third kappa shape index (κ3) is 3.12. The topological polar surface area (TPSA) is 0 Å². The van der Waals surface area contributed by atoms with Gasteiger partial charge in [-0.15, -0.1) is 89.7 Å². The molecule has 0 spiro atoms. The molecule has 74 valence electrons. The van der Waals surface area contributed by atoms with Crippen molar-refractivity contribution in [1.29, 1.82) is 0 Å². The number of hydrogen-bond donors (Lipinski definition) is 0. The van der Waals surface area contributed by atoms with E-state index >= 15 is 0 Å². The van der Waals surface area contributed by atoms with Crippen LogP contribution in [-0.4, -0.2) is 22.0 Å². The number of rotatable bonds is 3. The SMILES string of the molecule is ClCC(Cl)([Si](Cl)(Cl)Cl)[Si](Cl)(Cl)Cl. The van der Waals surface area contributed by atoms with Gasteiger partial charge in [-0.05, 0) is 0 Å². The van der Waals surface area contributed by atoms with E-state index in [1.165, 1.54) is 0 Å². The van der Waals surface area contributed by atoms with Crippen molar-refractivity contribution >= 4 is 102 Å². The summed E-state index contributed by atoms with van der Waals surface area (Å²) in [6.07, 6.45) is 0. The summed E-state index contributed by atoms with van der Waals surface area (Å²) in [4.78, 5) is 0. The van der Waals surface area contributed by atoms with E-state index in [9.17, 15) is 0 Å². The van der Waals surface area contributed by atoms with Crippen molar-refractivity contribution in [2.24, 2.45) is 0 Å². The molecule has 0 aliphatic carbocycles. The molecule has 0 heterocycles. The van der Waals surface area contributed by atoms with Gasteiger partial charge in [0, 0.05) is 5.88 Å². The van der Waals surface area contributed by atoms with Crippen LogP contribution >= 0.6 is 89.7 Å². The monoisotopic (exact) mass is 362 g/mol. The zero-order valence-corrected chi connectivity index (χ0v) is 13.3. The van der Waals surface area contributed by atoms with Crippen LogP contribution in [0, 0.1) is 0 Å². The molecule has 10 heteroatoms. The first-order chi connectivity index (χ1) is 5.06. The van der Waals surface area contributed by atoms with Crippen LogP contribution in [0.2, 0.25) is 0 Å². The zero-order chi connectivity index (χ0) is 10.2. The minimum Gasteiger partial charge on any atom is -0.125 e. The lowest BCUT2D eigenvalue weighted by Gasteiger charge is -2.33. The Morgan fingerprint density at radius 3 is 1.08 bits per heavy atom. The second-order valence-corrected chi connectivity index (χ2v) is 21.4. The number of alkyl halides is 2. The first-order valence-electron chi connectivity index (χ1n) is 2.44. The highest BCUT2D eigenvalue weighted by Gasteiger charge is 2.64. The molecule has 0 nitrogen and oxygen atoms in total. The minimum atomic E-state index is -3.33. The summed E-state index contributed by atoms with van der Waals surface area (Å²) in [5.41, 5.74) is 0. The molecule has 0 bridgehead atoms. The lowest BCUT2D eigenvalue weighted by molar-refractivity contribution is 1.23. The van der Waals surface area contributed by atoms with Crippen LogP contribution in [0.4, 0.5) is 0 Å². The van der Waals surface area contributed by atoms with Crippen molar-refractivity contribution in [3.8, 4) is 0 Å². The van der Waals surface area contributed by atoms with Gasteiger partial charge >= 0.3 is 12.0 Å². The lowest BCUT2D eigenvalue weighted by atomic mass is 10.9. The standard InChI is InChI=1S/C2H2Cl8Si2/c3-1-2(4,11(5,6)7)12(8,9)10/h1H2. The van der Waals surface area contributed by atoms with E-state index in [4.69, 9.17) is 89.7 Å². The van der Waals surface area contributed by atoms with Crippen molar-refractivity contribution in [1.82, 2.24) is 0 Å². The van der Waals surface area contributed by atoms with Crippen molar-refractivity contribution in [3.63, 3.8) is 0 Å². The van der Waals surface area contributed by atoms with Gasteiger partial charge in [-0.25, -0.2) is 0 Å². The van der Waals surface area contributed by atoms with Gasteiger partial charge in [0.1, 0.15) is 4.12 Å². The predicted octanol–water partition coefficient (Wildman–Crippen LogP) is 4.59. The first-order valence-corrected chi connectivity index (χ1v) is 13.4. The van der Waals surface area contributed by atoms with E-state index in [2.05, 4.69) is 0 Å². The molecule has 0 aromatic rings. The molecule has 0 atom stereocenters. The van der Waals surface area contributed by atoms with Gasteiger partial charge in [0.15, 0.2) is 0 Å². The molecule has 0 fully saturated rings. The maximum Gasteiger partial charge on any atom is 0.363 e. The van der Waals surface area contributed by atoms with Crippen LogP contribution in [0.15, 0.2) is 0 Å². The maximum absolute atomic E-state index is 5.88. The molecule has 0 N–H and O–H groups in total. The molecule has 0 aromatic heterocycles. The number of hydrogen-bond acceptors (Lipinski definition) is 0. The summed E-state index contributed by atoms with van der Waals surface area (Å²) < 4.78 is -1.48. The smallest absolute Gasteiger partial charge is 0.125 e. The van der Waals surface area contributed by atoms with Crippen LogP contribution in [0.3, 0.4) is 0 Å². The summed E-state index contributed by atoms with van der Waals surface area (Å²) in [6.45, 7) is 0. The van der Waals surface area contributed by atoms with E-state index in [-0.39, 0.29) is 5.88 Å². The van der Waals surface area contributed by atoms with Crippen molar-refractivity contribution in [2.45, 2.75) is 4.12 Å². The Kier molecular flexibility index (Phi) is 5.81. The van der Waals surface area contributed by atoms with Gasteiger partial charge in [-0.1, -0.05) is 0 Å². The summed E-state index contributed by atoms with van der Waals surface area (Å²) in [5, 5.41) is 0. The molecule has 0 saturated carbocycles. The quantitative estimate of drug-likeness (QED) is 0.390. The molecule has 0 saturated heterocycles. The summed E-state index contributed by atoms with van der Waals surface area (Å²) >= 11 is 45.3. The second-order valence-electron chi connectivity index (χ2n) is 1.93. The molecule has 0 unspecified atom stereocenters. The minimum absolute atomic E-state index is 0.181. The summed E-state index contributed by atoms with van der Waals surface area (Å²) in [5.74, 6) is -0.181. The van der Waals surface area contributed by atoms with Crippen LogP contribution in [0.5, 0.6) is 0 Å². The lowest BCUT2D eigenvalue weighted by Crippen LogP contribution is -2.57. The van der Waals surface area contributed by atoms with Gasteiger partial charge in [-0.2, -0.15) is 0 Å². The Morgan fingerprint density at radius 2 is 1.08 bits per heavy atom. The van der Waals surface area contributed by atoms with E-state index in [0.29, 0.717) is 0 Å². The third-order valence-corrected chi connectivity index (χ3v) is 18.7. The van der Waals surface area contributed by atoms with Gasteiger partial charge in [0.25, 0.3) is 0 Å².